The van der Waals surface area contributed by atoms with Crippen LogP contribution in [0.15, 0.2) is 42.5 Å². The van der Waals surface area contributed by atoms with E-state index in [0.717, 1.165) is 0 Å². The second-order valence-corrected chi connectivity index (χ2v) is 6.13. The molecule has 0 unspecified atom stereocenters. The van der Waals surface area contributed by atoms with Gasteiger partial charge in [0.1, 0.15) is 0 Å². The predicted molar refractivity (Wildman–Crippen MR) is 106 cm³/mol. The van der Waals surface area contributed by atoms with E-state index in [1.165, 1.54) is 24.3 Å². The summed E-state index contributed by atoms with van der Waals surface area (Å²) in [6, 6.07) is 10.3. The lowest BCUT2D eigenvalue weighted by molar-refractivity contribution is -0.384. The minimum Gasteiger partial charge on any atom is -0.383 e. The summed E-state index contributed by atoms with van der Waals surface area (Å²) in [5.74, 6) is -0.717. The van der Waals surface area contributed by atoms with Gasteiger partial charge in [0, 0.05) is 56.8 Å². The fourth-order valence-corrected chi connectivity index (χ4v) is 2.49. The van der Waals surface area contributed by atoms with E-state index in [9.17, 15) is 19.7 Å². The molecule has 0 aliphatic heterocycles. The maximum atomic E-state index is 12.5. The fraction of sp³-hybridized carbons (Fsp3) is 0.263. The summed E-state index contributed by atoms with van der Waals surface area (Å²) in [6.45, 7) is 0.751. The van der Waals surface area contributed by atoms with Crippen molar-refractivity contribution in [2.45, 2.75) is 0 Å². The molecule has 0 atom stereocenters. The molecule has 0 aliphatic rings. The third kappa shape index (κ3) is 5.27. The van der Waals surface area contributed by atoms with Crippen molar-refractivity contribution in [1.82, 2.24) is 5.32 Å². The lowest BCUT2D eigenvalue weighted by atomic mass is 10.1. The number of hydrogen-bond donors (Lipinski definition) is 2. The molecule has 0 bridgehead atoms. The van der Waals surface area contributed by atoms with Crippen LogP contribution in [0.1, 0.15) is 20.7 Å². The molecule has 0 radical (unpaired) electrons. The van der Waals surface area contributed by atoms with Gasteiger partial charge in [0.25, 0.3) is 17.5 Å². The van der Waals surface area contributed by atoms with Gasteiger partial charge in [-0.05, 0) is 30.3 Å². The molecule has 0 aromatic heterocycles. The van der Waals surface area contributed by atoms with Gasteiger partial charge >= 0.3 is 0 Å². The zero-order valence-electron chi connectivity index (χ0n) is 15.9. The number of anilines is 2. The highest BCUT2D eigenvalue weighted by molar-refractivity contribution is 6.06. The number of nitro groups is 1. The Kier molecular flexibility index (Phi) is 7.05. The van der Waals surface area contributed by atoms with Crippen molar-refractivity contribution in [3.05, 3.63) is 63.7 Å². The largest absolute Gasteiger partial charge is 0.383 e. The number of carbonyl (C=O) groups is 2. The van der Waals surface area contributed by atoms with Crippen molar-refractivity contribution in [2.24, 2.45) is 0 Å². The summed E-state index contributed by atoms with van der Waals surface area (Å²) in [5, 5.41) is 16.2. The summed E-state index contributed by atoms with van der Waals surface area (Å²) in [5.41, 5.74) is 1.71. The lowest BCUT2D eigenvalue weighted by Gasteiger charge is -2.18. The van der Waals surface area contributed by atoms with Gasteiger partial charge in [-0.2, -0.15) is 0 Å². The first-order valence-electron chi connectivity index (χ1n) is 8.47. The Labute approximate surface area is 162 Å². The minimum atomic E-state index is -0.532. The van der Waals surface area contributed by atoms with Gasteiger partial charge in [0.2, 0.25) is 0 Å². The van der Waals surface area contributed by atoms with Crippen LogP contribution in [0.25, 0.3) is 0 Å². The Morgan fingerprint density at radius 3 is 2.36 bits per heavy atom. The van der Waals surface area contributed by atoms with E-state index in [2.05, 4.69) is 10.6 Å². The van der Waals surface area contributed by atoms with Crippen molar-refractivity contribution in [3.63, 3.8) is 0 Å². The van der Waals surface area contributed by atoms with Gasteiger partial charge in [0.15, 0.2) is 0 Å². The van der Waals surface area contributed by atoms with Crippen LogP contribution < -0.4 is 15.5 Å². The molecule has 0 heterocycles. The monoisotopic (exact) mass is 386 g/mol. The zero-order chi connectivity index (χ0) is 20.7. The molecule has 0 spiro atoms. The van der Waals surface area contributed by atoms with Gasteiger partial charge in [-0.15, -0.1) is 0 Å². The SMILES string of the molecule is COCCNC(=O)c1cc(NC(=O)c2ccc([N+](=O)[O-])cc2)ccc1N(C)C. The first kappa shape index (κ1) is 20.8. The van der Waals surface area contributed by atoms with Gasteiger partial charge < -0.3 is 20.3 Å². The molecule has 148 valence electrons. The number of rotatable bonds is 8. The second kappa shape index (κ2) is 9.47. The van der Waals surface area contributed by atoms with Gasteiger partial charge in [-0.1, -0.05) is 0 Å². The normalized spacial score (nSPS) is 10.2. The Morgan fingerprint density at radius 1 is 1.11 bits per heavy atom. The molecule has 9 heteroatoms. The first-order chi connectivity index (χ1) is 13.3. The number of benzene rings is 2. The molecule has 0 saturated heterocycles. The van der Waals surface area contributed by atoms with Crippen molar-refractivity contribution >= 4 is 28.9 Å². The van der Waals surface area contributed by atoms with E-state index >= 15 is 0 Å². The summed E-state index contributed by atoms with van der Waals surface area (Å²) < 4.78 is 4.93. The summed E-state index contributed by atoms with van der Waals surface area (Å²) >= 11 is 0. The quantitative estimate of drug-likeness (QED) is 0.409. The van der Waals surface area contributed by atoms with E-state index in [1.54, 1.807) is 30.2 Å². The molecule has 2 aromatic carbocycles. The van der Waals surface area contributed by atoms with Crippen LogP contribution in [0.4, 0.5) is 17.1 Å². The summed E-state index contributed by atoms with van der Waals surface area (Å²) in [6.07, 6.45) is 0. The molecular weight excluding hydrogens is 364 g/mol. The molecule has 2 rings (SSSR count). The summed E-state index contributed by atoms with van der Waals surface area (Å²) in [4.78, 5) is 36.9. The van der Waals surface area contributed by atoms with E-state index in [0.29, 0.717) is 30.1 Å². The zero-order valence-corrected chi connectivity index (χ0v) is 15.9. The number of ether oxygens (including phenoxy) is 1. The fourth-order valence-electron chi connectivity index (χ4n) is 2.49. The van der Waals surface area contributed by atoms with Gasteiger partial charge in [0.05, 0.1) is 17.1 Å². The highest BCUT2D eigenvalue weighted by Gasteiger charge is 2.15. The standard InChI is InChI=1S/C19H22N4O5/c1-22(2)17-9-6-14(12-16(17)19(25)20-10-11-28-3)21-18(24)13-4-7-15(8-5-13)23(26)27/h4-9,12H,10-11H2,1-3H3,(H,20,25)(H,21,24). The molecule has 0 fully saturated rings. The Bertz CT molecular complexity index is 865. The molecule has 0 aliphatic carbocycles. The molecule has 2 N–H and O–H groups in total. The smallest absolute Gasteiger partial charge is 0.269 e. The Hall–Kier alpha value is -3.46. The minimum absolute atomic E-state index is 0.0955. The highest BCUT2D eigenvalue weighted by Crippen LogP contribution is 2.23. The maximum Gasteiger partial charge on any atom is 0.269 e. The van der Waals surface area contributed by atoms with Crippen LogP contribution in [0, 0.1) is 10.1 Å². The van der Waals surface area contributed by atoms with Crippen LogP contribution in [-0.2, 0) is 4.74 Å². The van der Waals surface area contributed by atoms with Gasteiger partial charge in [-0.25, -0.2) is 0 Å². The molecule has 2 aromatic rings. The topological polar surface area (TPSA) is 114 Å². The third-order valence-corrected chi connectivity index (χ3v) is 3.91. The van der Waals surface area contributed by atoms with E-state index in [-0.39, 0.29) is 17.2 Å². The van der Waals surface area contributed by atoms with Crippen molar-refractivity contribution in [3.8, 4) is 0 Å². The van der Waals surface area contributed by atoms with Crippen LogP contribution in [0.2, 0.25) is 0 Å². The number of nitro benzene ring substituents is 1. The third-order valence-electron chi connectivity index (χ3n) is 3.91. The number of methoxy groups -OCH3 is 1. The highest BCUT2D eigenvalue weighted by atomic mass is 16.6. The number of nitrogens with zero attached hydrogens (tertiary/aromatic N) is 2. The summed E-state index contributed by atoms with van der Waals surface area (Å²) in [7, 11) is 5.18. The molecular formula is C19H22N4O5. The van der Waals surface area contributed by atoms with Crippen molar-refractivity contribution in [2.75, 3.05) is 44.6 Å². The van der Waals surface area contributed by atoms with Gasteiger partial charge in [-0.3, -0.25) is 19.7 Å². The number of nitrogens with one attached hydrogen (secondary N) is 2. The van der Waals surface area contributed by atoms with E-state index < -0.39 is 10.8 Å². The Morgan fingerprint density at radius 2 is 1.79 bits per heavy atom. The lowest BCUT2D eigenvalue weighted by Crippen LogP contribution is -2.28. The van der Waals surface area contributed by atoms with Crippen LogP contribution in [0.5, 0.6) is 0 Å². The van der Waals surface area contributed by atoms with Crippen LogP contribution in [0.3, 0.4) is 0 Å². The first-order valence-corrected chi connectivity index (χ1v) is 8.47. The van der Waals surface area contributed by atoms with E-state index in [1.807, 2.05) is 14.1 Å². The number of carbonyl (C=O) groups excluding carboxylic acids is 2. The van der Waals surface area contributed by atoms with Crippen LogP contribution in [-0.4, -0.2) is 51.1 Å². The maximum absolute atomic E-state index is 12.5. The van der Waals surface area contributed by atoms with Crippen molar-refractivity contribution in [1.29, 1.82) is 0 Å². The predicted octanol–water partition coefficient (Wildman–Crippen LogP) is 2.29. The second-order valence-electron chi connectivity index (χ2n) is 6.13. The van der Waals surface area contributed by atoms with Crippen molar-refractivity contribution < 1.29 is 19.2 Å². The number of non-ortho nitro benzene ring substituents is 1. The molecule has 2 amide bonds. The number of hydrogen-bond acceptors (Lipinski definition) is 6. The molecule has 0 saturated carbocycles. The average molecular weight is 386 g/mol. The van der Waals surface area contributed by atoms with E-state index in [4.69, 9.17) is 4.74 Å². The average Bonchev–Trinajstić information content (AvgIpc) is 2.67. The molecule has 9 nitrogen and oxygen atoms in total. The Balaban J connectivity index is 2.20. The molecule has 28 heavy (non-hydrogen) atoms. The number of amides is 2. The van der Waals surface area contributed by atoms with Crippen LogP contribution >= 0.6 is 0 Å².